The van der Waals surface area contributed by atoms with E-state index in [4.69, 9.17) is 0 Å². The van der Waals surface area contributed by atoms with Gasteiger partial charge in [-0.25, -0.2) is 0 Å². The Bertz CT molecular complexity index is 170. The zero-order valence-electron chi connectivity index (χ0n) is 7.89. The first-order valence-electron chi connectivity index (χ1n) is 4.12. The van der Waals surface area contributed by atoms with Crippen LogP contribution >= 0.6 is 12.4 Å². The third-order valence-electron chi connectivity index (χ3n) is 2.15. The number of carbonyl (C=O) groups is 1. The Morgan fingerprint density at radius 3 is 2.58 bits per heavy atom. The van der Waals surface area contributed by atoms with Gasteiger partial charge < -0.3 is 10.2 Å². The van der Waals surface area contributed by atoms with Gasteiger partial charge in [0, 0.05) is 19.6 Å². The summed E-state index contributed by atoms with van der Waals surface area (Å²) in [5, 5.41) is 3.18. The number of nitrogens with one attached hydrogen (secondary N) is 1. The van der Waals surface area contributed by atoms with E-state index in [1.165, 1.54) is 0 Å². The van der Waals surface area contributed by atoms with Crippen LogP contribution in [-0.2, 0) is 4.79 Å². The van der Waals surface area contributed by atoms with Gasteiger partial charge in [-0.15, -0.1) is 12.4 Å². The summed E-state index contributed by atoms with van der Waals surface area (Å²) in [6, 6.07) is 0. The van der Waals surface area contributed by atoms with Crippen molar-refractivity contribution in [2.24, 2.45) is 0 Å². The van der Waals surface area contributed by atoms with E-state index in [0.717, 1.165) is 19.6 Å². The van der Waals surface area contributed by atoms with E-state index in [0.29, 0.717) is 0 Å². The lowest BCUT2D eigenvalue weighted by Crippen LogP contribution is -2.61. The van der Waals surface area contributed by atoms with Gasteiger partial charge in [-0.3, -0.25) is 4.79 Å². The molecule has 1 aliphatic rings. The van der Waals surface area contributed by atoms with Crippen LogP contribution in [0.1, 0.15) is 20.8 Å². The lowest BCUT2D eigenvalue weighted by molar-refractivity contribution is -0.139. The average molecular weight is 193 g/mol. The second-order valence-electron chi connectivity index (χ2n) is 3.44. The van der Waals surface area contributed by atoms with Crippen LogP contribution in [0.2, 0.25) is 0 Å². The first-order chi connectivity index (χ1) is 5.08. The van der Waals surface area contributed by atoms with E-state index in [9.17, 15) is 4.79 Å². The maximum Gasteiger partial charge on any atom is 0.242 e. The lowest BCUT2D eigenvalue weighted by atomic mass is 10.0. The van der Waals surface area contributed by atoms with E-state index in [1.807, 2.05) is 25.7 Å². The van der Waals surface area contributed by atoms with Crippen LogP contribution in [0.3, 0.4) is 0 Å². The monoisotopic (exact) mass is 192 g/mol. The van der Waals surface area contributed by atoms with Crippen molar-refractivity contribution in [3.05, 3.63) is 0 Å². The summed E-state index contributed by atoms with van der Waals surface area (Å²) >= 11 is 0. The Kier molecular flexibility index (Phi) is 4.00. The van der Waals surface area contributed by atoms with Crippen molar-refractivity contribution in [2.45, 2.75) is 26.3 Å². The topological polar surface area (TPSA) is 32.3 Å². The molecule has 0 aromatic heterocycles. The number of amides is 1. The van der Waals surface area contributed by atoms with Crippen LogP contribution in [0.25, 0.3) is 0 Å². The molecule has 0 saturated carbocycles. The minimum atomic E-state index is -0.353. The molecule has 1 N–H and O–H groups in total. The van der Waals surface area contributed by atoms with E-state index < -0.39 is 0 Å². The standard InChI is InChI=1S/C8H16N2O.ClH/c1-4-10-6-5-9-8(2,3)7(10)11;/h9H,4-6H2,1-3H3;1H. The Morgan fingerprint density at radius 1 is 1.58 bits per heavy atom. The summed E-state index contributed by atoms with van der Waals surface area (Å²) in [5.41, 5.74) is -0.353. The Hall–Kier alpha value is -0.280. The molecule has 1 fully saturated rings. The number of nitrogens with zero attached hydrogens (tertiary/aromatic N) is 1. The maximum absolute atomic E-state index is 11.5. The van der Waals surface area contributed by atoms with Gasteiger partial charge in [-0.2, -0.15) is 0 Å². The number of likely N-dealkylation sites (N-methyl/N-ethyl adjacent to an activating group) is 1. The molecule has 0 bridgehead atoms. The minimum Gasteiger partial charge on any atom is -0.340 e. The van der Waals surface area contributed by atoms with Crippen molar-refractivity contribution in [1.82, 2.24) is 10.2 Å². The molecule has 12 heavy (non-hydrogen) atoms. The Labute approximate surface area is 79.9 Å². The fourth-order valence-electron chi connectivity index (χ4n) is 1.38. The average Bonchev–Trinajstić information content (AvgIpc) is 1.95. The molecule has 1 heterocycles. The first kappa shape index (κ1) is 11.7. The highest BCUT2D eigenvalue weighted by Crippen LogP contribution is 2.11. The van der Waals surface area contributed by atoms with Crippen LogP contribution < -0.4 is 5.32 Å². The summed E-state index contributed by atoms with van der Waals surface area (Å²) in [6.45, 7) is 8.45. The number of carbonyl (C=O) groups excluding carboxylic acids is 1. The van der Waals surface area contributed by atoms with Crippen molar-refractivity contribution in [3.63, 3.8) is 0 Å². The van der Waals surface area contributed by atoms with Crippen LogP contribution in [0.15, 0.2) is 0 Å². The van der Waals surface area contributed by atoms with Crippen LogP contribution in [0, 0.1) is 0 Å². The number of halogens is 1. The largest absolute Gasteiger partial charge is 0.340 e. The van der Waals surface area contributed by atoms with Crippen molar-refractivity contribution >= 4 is 18.3 Å². The number of hydrogen-bond acceptors (Lipinski definition) is 2. The lowest BCUT2D eigenvalue weighted by Gasteiger charge is -2.37. The fourth-order valence-corrected chi connectivity index (χ4v) is 1.38. The summed E-state index contributed by atoms with van der Waals surface area (Å²) in [4.78, 5) is 13.4. The number of rotatable bonds is 1. The smallest absolute Gasteiger partial charge is 0.242 e. The third kappa shape index (κ3) is 2.11. The van der Waals surface area contributed by atoms with Gasteiger partial charge in [0.05, 0.1) is 5.54 Å². The molecule has 0 aromatic carbocycles. The molecule has 0 radical (unpaired) electrons. The highest BCUT2D eigenvalue weighted by molar-refractivity contribution is 5.86. The second kappa shape index (κ2) is 4.10. The minimum absolute atomic E-state index is 0. The van der Waals surface area contributed by atoms with E-state index in [-0.39, 0.29) is 23.9 Å². The van der Waals surface area contributed by atoms with Crippen molar-refractivity contribution in [2.75, 3.05) is 19.6 Å². The third-order valence-corrected chi connectivity index (χ3v) is 2.15. The predicted octanol–water partition coefficient (Wildman–Crippen LogP) is 0.638. The maximum atomic E-state index is 11.5. The zero-order chi connectivity index (χ0) is 8.48. The summed E-state index contributed by atoms with van der Waals surface area (Å²) in [6.07, 6.45) is 0. The molecule has 0 atom stereocenters. The summed E-state index contributed by atoms with van der Waals surface area (Å²) in [7, 11) is 0. The van der Waals surface area contributed by atoms with Gasteiger partial charge in [0.2, 0.25) is 5.91 Å². The molecule has 0 aromatic rings. The zero-order valence-corrected chi connectivity index (χ0v) is 8.70. The Balaban J connectivity index is 0.00000121. The fraction of sp³-hybridized carbons (Fsp3) is 0.875. The van der Waals surface area contributed by atoms with Crippen molar-refractivity contribution < 1.29 is 4.79 Å². The van der Waals surface area contributed by atoms with Gasteiger partial charge in [0.15, 0.2) is 0 Å². The molecule has 0 spiro atoms. The highest BCUT2D eigenvalue weighted by Gasteiger charge is 2.33. The molecule has 1 aliphatic heterocycles. The molecule has 0 aliphatic carbocycles. The first-order valence-corrected chi connectivity index (χ1v) is 4.12. The SMILES string of the molecule is CCN1CCNC(C)(C)C1=O.Cl. The predicted molar refractivity (Wildman–Crippen MR) is 51.6 cm³/mol. The second-order valence-corrected chi connectivity index (χ2v) is 3.44. The van der Waals surface area contributed by atoms with Crippen molar-refractivity contribution in [1.29, 1.82) is 0 Å². The highest BCUT2D eigenvalue weighted by atomic mass is 35.5. The molecule has 1 saturated heterocycles. The van der Waals surface area contributed by atoms with Gasteiger partial charge >= 0.3 is 0 Å². The number of piperazine rings is 1. The summed E-state index contributed by atoms with van der Waals surface area (Å²) < 4.78 is 0. The molecule has 0 unspecified atom stereocenters. The van der Waals surface area contributed by atoms with Gasteiger partial charge in [-0.1, -0.05) is 0 Å². The van der Waals surface area contributed by atoms with Crippen molar-refractivity contribution in [3.8, 4) is 0 Å². The molecular weight excluding hydrogens is 176 g/mol. The van der Waals surface area contributed by atoms with Gasteiger partial charge in [0.1, 0.15) is 0 Å². The molecular formula is C8H17ClN2O. The van der Waals surface area contributed by atoms with Gasteiger partial charge in [0.25, 0.3) is 0 Å². The molecule has 3 nitrogen and oxygen atoms in total. The molecule has 72 valence electrons. The van der Waals surface area contributed by atoms with Crippen LogP contribution in [-0.4, -0.2) is 36.0 Å². The molecule has 1 rings (SSSR count). The molecule has 4 heteroatoms. The van der Waals surface area contributed by atoms with E-state index in [1.54, 1.807) is 0 Å². The van der Waals surface area contributed by atoms with E-state index >= 15 is 0 Å². The van der Waals surface area contributed by atoms with E-state index in [2.05, 4.69) is 5.32 Å². The quantitative estimate of drug-likeness (QED) is 0.662. The Morgan fingerprint density at radius 2 is 2.17 bits per heavy atom. The normalized spacial score (nSPS) is 21.9. The van der Waals surface area contributed by atoms with Gasteiger partial charge in [-0.05, 0) is 20.8 Å². The van der Waals surface area contributed by atoms with Crippen LogP contribution in [0.5, 0.6) is 0 Å². The molecule has 1 amide bonds. The summed E-state index contributed by atoms with van der Waals surface area (Å²) in [5.74, 6) is 0.214. The number of hydrogen-bond donors (Lipinski definition) is 1. The van der Waals surface area contributed by atoms with Crippen LogP contribution in [0.4, 0.5) is 0 Å².